The fourth-order valence-corrected chi connectivity index (χ4v) is 3.64. The van der Waals surface area contributed by atoms with Gasteiger partial charge in [-0.2, -0.15) is 0 Å². The quantitative estimate of drug-likeness (QED) is 0.480. The number of benzene rings is 1. The number of nitrogens with zero attached hydrogens (tertiary/aromatic N) is 4. The highest BCUT2D eigenvalue weighted by Gasteiger charge is 2.14. The van der Waals surface area contributed by atoms with Crippen LogP contribution in [0.25, 0.3) is 11.2 Å². The maximum absolute atomic E-state index is 12.6. The lowest BCUT2D eigenvalue weighted by molar-refractivity contribution is 0.594. The van der Waals surface area contributed by atoms with Gasteiger partial charge in [-0.3, -0.25) is 13.9 Å². The molecule has 0 N–H and O–H groups in total. The Morgan fingerprint density at radius 3 is 2.58 bits per heavy atom. The summed E-state index contributed by atoms with van der Waals surface area (Å²) in [5, 5.41) is 0. The smallest absolute Gasteiger partial charge is 0.328 e. The molecule has 3 aromatic rings. The van der Waals surface area contributed by atoms with Gasteiger partial charge in [-0.25, -0.2) is 9.78 Å². The lowest BCUT2D eigenvalue weighted by Gasteiger charge is -2.08. The van der Waals surface area contributed by atoms with Crippen LogP contribution < -0.4 is 11.2 Å². The van der Waals surface area contributed by atoms with Crippen LogP contribution in [-0.2, 0) is 20.6 Å². The van der Waals surface area contributed by atoms with Crippen molar-refractivity contribution in [1.82, 2.24) is 18.7 Å². The van der Waals surface area contributed by atoms with Crippen LogP contribution in [0.3, 0.4) is 0 Å². The molecule has 0 aliphatic heterocycles. The topological polar surface area (TPSA) is 61.8 Å². The Hall–Kier alpha value is -1.80. The number of hydrogen-bond acceptors (Lipinski definition) is 4. The molecule has 0 radical (unpaired) electrons. The number of aromatic nitrogens is 4. The standard InChI is InChI=1S/C16H17BrN4O2S/c1-19-10-18-14-13(19)15(22)21(16(23)20(14)2)8-3-9-24-12-6-4-11(17)5-7-12/h4-7,10H,3,8-9H2,1-2H3. The monoisotopic (exact) mass is 408 g/mol. The second-order valence-corrected chi connectivity index (χ2v) is 7.57. The lowest BCUT2D eigenvalue weighted by Crippen LogP contribution is -2.39. The van der Waals surface area contributed by atoms with Crippen LogP contribution in [0.4, 0.5) is 0 Å². The van der Waals surface area contributed by atoms with Gasteiger partial charge in [0, 0.05) is 30.0 Å². The zero-order valence-corrected chi connectivity index (χ0v) is 15.8. The molecule has 0 spiro atoms. The summed E-state index contributed by atoms with van der Waals surface area (Å²) in [5.74, 6) is 0.834. The molecule has 0 saturated heterocycles. The number of halogens is 1. The number of aryl methyl sites for hydroxylation is 2. The van der Waals surface area contributed by atoms with Crippen molar-refractivity contribution in [1.29, 1.82) is 0 Å². The number of thioether (sulfide) groups is 1. The van der Waals surface area contributed by atoms with Crippen molar-refractivity contribution in [3.8, 4) is 0 Å². The highest BCUT2D eigenvalue weighted by Crippen LogP contribution is 2.21. The van der Waals surface area contributed by atoms with Gasteiger partial charge in [-0.15, -0.1) is 11.8 Å². The molecule has 0 bridgehead atoms. The molecule has 2 aromatic heterocycles. The molecule has 0 aliphatic rings. The van der Waals surface area contributed by atoms with Crippen molar-refractivity contribution < 1.29 is 0 Å². The summed E-state index contributed by atoms with van der Waals surface area (Å²) in [7, 11) is 3.40. The van der Waals surface area contributed by atoms with Crippen molar-refractivity contribution in [2.45, 2.75) is 17.9 Å². The van der Waals surface area contributed by atoms with Crippen LogP contribution in [-0.4, -0.2) is 24.4 Å². The second kappa shape index (κ2) is 6.98. The van der Waals surface area contributed by atoms with Crippen LogP contribution in [0, 0.1) is 0 Å². The van der Waals surface area contributed by atoms with E-state index in [4.69, 9.17) is 0 Å². The highest BCUT2D eigenvalue weighted by atomic mass is 79.9. The maximum atomic E-state index is 12.6. The Morgan fingerprint density at radius 2 is 1.88 bits per heavy atom. The molecular formula is C16H17BrN4O2S. The number of fused-ring (bicyclic) bond motifs is 1. The van der Waals surface area contributed by atoms with E-state index >= 15 is 0 Å². The first kappa shape index (κ1) is 17.0. The molecule has 1 aromatic carbocycles. The predicted octanol–water partition coefficient (Wildman–Crippen LogP) is 2.38. The summed E-state index contributed by atoms with van der Waals surface area (Å²) in [6.07, 6.45) is 2.29. The van der Waals surface area contributed by atoms with Crippen LogP contribution in [0.5, 0.6) is 0 Å². The first-order valence-electron chi connectivity index (χ1n) is 7.48. The average molecular weight is 409 g/mol. The van der Waals surface area contributed by atoms with E-state index in [0.717, 1.165) is 16.6 Å². The third-order valence-electron chi connectivity index (χ3n) is 3.81. The molecule has 0 saturated carbocycles. The predicted molar refractivity (Wildman–Crippen MR) is 99.7 cm³/mol. The van der Waals surface area contributed by atoms with Gasteiger partial charge in [0.05, 0.1) is 6.33 Å². The van der Waals surface area contributed by atoms with Crippen molar-refractivity contribution in [3.05, 3.63) is 55.9 Å². The summed E-state index contributed by atoms with van der Waals surface area (Å²) >= 11 is 5.12. The average Bonchev–Trinajstić information content (AvgIpc) is 2.96. The number of rotatable bonds is 5. The fraction of sp³-hybridized carbons (Fsp3) is 0.312. The Balaban J connectivity index is 1.76. The van der Waals surface area contributed by atoms with Crippen molar-refractivity contribution in [2.24, 2.45) is 14.1 Å². The van der Waals surface area contributed by atoms with E-state index < -0.39 is 0 Å². The third kappa shape index (κ3) is 3.21. The minimum atomic E-state index is -0.320. The van der Waals surface area contributed by atoms with Gasteiger partial charge in [-0.05, 0) is 36.4 Å². The molecule has 0 fully saturated rings. The Kier molecular flexibility index (Phi) is 4.96. The Morgan fingerprint density at radius 1 is 1.17 bits per heavy atom. The molecule has 0 amide bonds. The van der Waals surface area contributed by atoms with Crippen molar-refractivity contribution >= 4 is 38.9 Å². The first-order chi connectivity index (χ1) is 11.5. The summed E-state index contributed by atoms with van der Waals surface area (Å²) in [4.78, 5) is 30.2. The lowest BCUT2D eigenvalue weighted by atomic mass is 10.4. The molecule has 0 aliphatic carbocycles. The maximum Gasteiger partial charge on any atom is 0.332 e. The molecular weight excluding hydrogens is 392 g/mol. The molecule has 6 nitrogen and oxygen atoms in total. The highest BCUT2D eigenvalue weighted by molar-refractivity contribution is 9.10. The molecule has 2 heterocycles. The second-order valence-electron chi connectivity index (χ2n) is 5.48. The van der Waals surface area contributed by atoms with Gasteiger partial charge in [-0.1, -0.05) is 15.9 Å². The van der Waals surface area contributed by atoms with E-state index in [-0.39, 0.29) is 11.2 Å². The van der Waals surface area contributed by atoms with Crippen LogP contribution in [0.2, 0.25) is 0 Å². The van der Waals surface area contributed by atoms with E-state index in [1.807, 2.05) is 24.3 Å². The molecule has 0 atom stereocenters. The molecule has 8 heteroatoms. The minimum absolute atomic E-state index is 0.276. The van der Waals surface area contributed by atoms with Gasteiger partial charge in [0.2, 0.25) is 0 Å². The summed E-state index contributed by atoms with van der Waals surface area (Å²) in [6, 6.07) is 8.08. The van der Waals surface area contributed by atoms with E-state index in [9.17, 15) is 9.59 Å². The third-order valence-corrected chi connectivity index (χ3v) is 5.44. The summed E-state index contributed by atoms with van der Waals surface area (Å²) in [5.41, 5.74) is 0.284. The van der Waals surface area contributed by atoms with Gasteiger partial charge in [0.15, 0.2) is 11.2 Å². The van der Waals surface area contributed by atoms with Gasteiger partial charge < -0.3 is 4.57 Å². The molecule has 126 valence electrons. The number of imidazole rings is 1. The summed E-state index contributed by atoms with van der Waals surface area (Å²) in [6.45, 7) is 0.399. The fourth-order valence-electron chi connectivity index (χ4n) is 2.54. The van der Waals surface area contributed by atoms with E-state index in [1.165, 1.54) is 14.0 Å². The zero-order chi connectivity index (χ0) is 17.3. The molecule has 3 rings (SSSR count). The van der Waals surface area contributed by atoms with E-state index in [0.29, 0.717) is 17.7 Å². The summed E-state index contributed by atoms with van der Waals surface area (Å²) < 4.78 is 5.43. The van der Waals surface area contributed by atoms with Crippen LogP contribution in [0.15, 0.2) is 49.6 Å². The Bertz CT molecular complexity index is 988. The SMILES string of the molecule is Cn1cnc2c1c(=O)n(CCCSc1ccc(Br)cc1)c(=O)n2C. The Labute approximate surface area is 151 Å². The van der Waals surface area contributed by atoms with Crippen molar-refractivity contribution in [2.75, 3.05) is 5.75 Å². The minimum Gasteiger partial charge on any atom is -0.328 e. The van der Waals surface area contributed by atoms with Crippen LogP contribution in [0.1, 0.15) is 6.42 Å². The van der Waals surface area contributed by atoms with Gasteiger partial charge in [0.1, 0.15) is 0 Å². The molecule has 24 heavy (non-hydrogen) atoms. The molecule has 0 unspecified atom stereocenters. The normalized spacial score (nSPS) is 11.3. The largest absolute Gasteiger partial charge is 0.332 e. The van der Waals surface area contributed by atoms with Crippen molar-refractivity contribution in [3.63, 3.8) is 0 Å². The number of hydrogen-bond donors (Lipinski definition) is 0. The first-order valence-corrected chi connectivity index (χ1v) is 9.26. The van der Waals surface area contributed by atoms with Gasteiger partial charge in [0.25, 0.3) is 5.56 Å². The van der Waals surface area contributed by atoms with E-state index in [2.05, 4.69) is 20.9 Å². The zero-order valence-electron chi connectivity index (χ0n) is 13.4. The van der Waals surface area contributed by atoms with E-state index in [1.54, 1.807) is 36.8 Å². The van der Waals surface area contributed by atoms with Crippen LogP contribution >= 0.6 is 27.7 Å². The van der Waals surface area contributed by atoms with Gasteiger partial charge >= 0.3 is 5.69 Å².